The van der Waals surface area contributed by atoms with Crippen molar-refractivity contribution in [2.45, 2.75) is 32.2 Å². The Kier molecular flexibility index (Phi) is 3.51. The van der Waals surface area contributed by atoms with Gasteiger partial charge in [0, 0.05) is 11.6 Å². The third kappa shape index (κ3) is 2.72. The Labute approximate surface area is 110 Å². The van der Waals surface area contributed by atoms with Crippen molar-refractivity contribution >= 4 is 18.9 Å². The second-order valence-electron chi connectivity index (χ2n) is 4.63. The molecular formula is C12H13BFO5. The first-order valence-corrected chi connectivity index (χ1v) is 5.78. The van der Waals surface area contributed by atoms with Crippen LogP contribution in [0.5, 0.6) is 5.75 Å². The summed E-state index contributed by atoms with van der Waals surface area (Å²) in [6, 6.07) is 2.60. The van der Waals surface area contributed by atoms with Gasteiger partial charge >= 0.3 is 13.5 Å². The van der Waals surface area contributed by atoms with Gasteiger partial charge < -0.3 is 19.6 Å². The van der Waals surface area contributed by atoms with E-state index >= 15 is 0 Å². The summed E-state index contributed by atoms with van der Waals surface area (Å²) in [5, 5.41) is 18.8. The highest BCUT2D eigenvalue weighted by Gasteiger charge is 2.43. The zero-order chi connectivity index (χ0) is 14.2. The number of hydrogen-bond donors (Lipinski definition) is 2. The number of carboxylic acids is 1. The summed E-state index contributed by atoms with van der Waals surface area (Å²) in [5.41, 5.74) is 0.102. The van der Waals surface area contributed by atoms with Gasteiger partial charge in [-0.2, -0.15) is 0 Å². The molecule has 1 aliphatic heterocycles. The fraction of sp³-hybridized carbons (Fsp3) is 0.417. The van der Waals surface area contributed by atoms with Crippen molar-refractivity contribution in [2.24, 2.45) is 0 Å². The van der Waals surface area contributed by atoms with Gasteiger partial charge in [-0.05, 0) is 25.4 Å². The summed E-state index contributed by atoms with van der Waals surface area (Å²) in [4.78, 5) is 10.7. The smallest absolute Gasteiger partial charge is 0.335 e. The maximum absolute atomic E-state index is 14.0. The molecule has 101 valence electrons. The van der Waals surface area contributed by atoms with Crippen molar-refractivity contribution in [3.63, 3.8) is 0 Å². The Balaban J connectivity index is 2.39. The molecule has 5 nitrogen and oxygen atoms in total. The predicted molar refractivity (Wildman–Crippen MR) is 64.8 cm³/mol. The van der Waals surface area contributed by atoms with E-state index in [0.29, 0.717) is 5.75 Å². The number of halogens is 1. The van der Waals surface area contributed by atoms with Crippen molar-refractivity contribution in [1.29, 1.82) is 0 Å². The van der Waals surface area contributed by atoms with Crippen molar-refractivity contribution < 1.29 is 28.8 Å². The lowest BCUT2D eigenvalue weighted by Crippen LogP contribution is -2.30. The number of aliphatic carboxylic acids is 1. The summed E-state index contributed by atoms with van der Waals surface area (Å²) in [6.07, 6.45) is -0.865. The van der Waals surface area contributed by atoms with Gasteiger partial charge in [-0.3, -0.25) is 4.79 Å². The Morgan fingerprint density at radius 3 is 2.84 bits per heavy atom. The van der Waals surface area contributed by atoms with Crippen molar-refractivity contribution in [1.82, 2.24) is 0 Å². The van der Waals surface area contributed by atoms with E-state index in [9.17, 15) is 14.3 Å². The van der Waals surface area contributed by atoms with Crippen molar-refractivity contribution in [3.8, 4) is 5.75 Å². The third-order valence-corrected chi connectivity index (χ3v) is 2.63. The zero-order valence-corrected chi connectivity index (χ0v) is 10.5. The Morgan fingerprint density at radius 2 is 2.26 bits per heavy atom. The van der Waals surface area contributed by atoms with Crippen LogP contribution in [0.4, 0.5) is 4.39 Å². The topological polar surface area (TPSA) is 76.0 Å². The number of hydrogen-bond acceptors (Lipinski definition) is 4. The van der Waals surface area contributed by atoms with Gasteiger partial charge in [-0.25, -0.2) is 4.39 Å². The van der Waals surface area contributed by atoms with E-state index in [0.717, 1.165) is 13.5 Å². The molecule has 1 radical (unpaired) electrons. The molecule has 1 heterocycles. The summed E-state index contributed by atoms with van der Waals surface area (Å²) in [6.45, 7) is 3.60. The Hall–Kier alpha value is -1.60. The molecule has 2 rings (SSSR count). The van der Waals surface area contributed by atoms with Crippen LogP contribution in [-0.4, -0.2) is 29.8 Å². The van der Waals surface area contributed by atoms with Crippen LogP contribution in [0.25, 0.3) is 0 Å². The fourth-order valence-corrected chi connectivity index (χ4v) is 2.00. The molecule has 0 amide bonds. The molecule has 0 bridgehead atoms. The number of aliphatic hydroxyl groups is 1. The molecule has 1 aromatic carbocycles. The molecule has 1 unspecified atom stereocenters. The SMILES string of the molecule is CC(C)Oc1cc(F)c2c(c1)[B]OC2(O)CC(=O)O. The van der Waals surface area contributed by atoms with E-state index in [2.05, 4.69) is 0 Å². The van der Waals surface area contributed by atoms with Crippen LogP contribution < -0.4 is 10.2 Å². The second-order valence-corrected chi connectivity index (χ2v) is 4.63. The molecule has 2 N–H and O–H groups in total. The average molecular weight is 267 g/mol. The summed E-state index contributed by atoms with van der Waals surface area (Å²) >= 11 is 0. The highest BCUT2D eigenvalue weighted by atomic mass is 19.1. The van der Waals surface area contributed by atoms with Gasteiger partial charge in [0.2, 0.25) is 0 Å². The minimum absolute atomic E-state index is 0.127. The highest BCUT2D eigenvalue weighted by molar-refractivity contribution is 6.49. The van der Waals surface area contributed by atoms with Gasteiger partial charge in [-0.1, -0.05) is 0 Å². The molecule has 0 spiro atoms. The number of carbonyl (C=O) groups is 1. The normalized spacial score (nSPS) is 21.1. The van der Waals surface area contributed by atoms with Gasteiger partial charge in [0.25, 0.3) is 0 Å². The molecule has 0 fully saturated rings. The first kappa shape index (κ1) is 13.8. The van der Waals surface area contributed by atoms with Crippen LogP contribution in [0, 0.1) is 5.82 Å². The zero-order valence-electron chi connectivity index (χ0n) is 10.5. The van der Waals surface area contributed by atoms with E-state index in [1.54, 1.807) is 13.8 Å². The fourth-order valence-electron chi connectivity index (χ4n) is 2.00. The number of benzene rings is 1. The van der Waals surface area contributed by atoms with E-state index in [-0.39, 0.29) is 17.1 Å². The first-order valence-electron chi connectivity index (χ1n) is 5.78. The largest absolute Gasteiger partial charge is 0.491 e. The second kappa shape index (κ2) is 4.83. The molecule has 19 heavy (non-hydrogen) atoms. The van der Waals surface area contributed by atoms with Crippen molar-refractivity contribution in [2.75, 3.05) is 0 Å². The van der Waals surface area contributed by atoms with E-state index in [4.69, 9.17) is 14.5 Å². The molecule has 0 aliphatic carbocycles. The maximum atomic E-state index is 14.0. The lowest BCUT2D eigenvalue weighted by atomic mass is 9.85. The van der Waals surface area contributed by atoms with E-state index in [1.807, 2.05) is 0 Å². The van der Waals surface area contributed by atoms with Gasteiger partial charge in [0.05, 0.1) is 6.10 Å². The summed E-state index contributed by atoms with van der Waals surface area (Å²) < 4.78 is 24.3. The molecule has 7 heteroatoms. The van der Waals surface area contributed by atoms with Crippen molar-refractivity contribution in [3.05, 3.63) is 23.5 Å². The van der Waals surface area contributed by atoms with E-state index < -0.39 is 24.0 Å². The lowest BCUT2D eigenvalue weighted by Gasteiger charge is -2.22. The maximum Gasteiger partial charge on any atom is 0.335 e. The molecule has 1 atom stereocenters. The molecule has 0 saturated heterocycles. The minimum Gasteiger partial charge on any atom is -0.491 e. The number of rotatable bonds is 4. The average Bonchev–Trinajstić information content (AvgIpc) is 2.53. The third-order valence-electron chi connectivity index (χ3n) is 2.63. The van der Waals surface area contributed by atoms with Crippen LogP contribution in [-0.2, 0) is 15.2 Å². The van der Waals surface area contributed by atoms with Gasteiger partial charge in [0.15, 0.2) is 5.79 Å². The molecule has 0 aromatic heterocycles. The number of carboxylic acid groups (broad SMARTS) is 1. The monoisotopic (exact) mass is 267 g/mol. The minimum atomic E-state index is -2.17. The molecular weight excluding hydrogens is 254 g/mol. The Bertz CT molecular complexity index is 519. The van der Waals surface area contributed by atoms with Crippen LogP contribution >= 0.6 is 0 Å². The van der Waals surface area contributed by atoms with Gasteiger partial charge in [0.1, 0.15) is 18.0 Å². The van der Waals surface area contributed by atoms with E-state index in [1.165, 1.54) is 6.07 Å². The highest BCUT2D eigenvalue weighted by Crippen LogP contribution is 2.33. The van der Waals surface area contributed by atoms with Crippen LogP contribution in [0.1, 0.15) is 25.8 Å². The number of fused-ring (bicyclic) bond motifs is 1. The summed E-state index contributed by atoms with van der Waals surface area (Å²) in [7, 11) is 1.13. The van der Waals surface area contributed by atoms with Crippen LogP contribution in [0.15, 0.2) is 12.1 Å². The quantitative estimate of drug-likeness (QED) is 0.777. The molecule has 0 saturated carbocycles. The van der Waals surface area contributed by atoms with Crippen LogP contribution in [0.3, 0.4) is 0 Å². The molecule has 1 aromatic rings. The summed E-state index contributed by atoms with van der Waals surface area (Å²) in [5.74, 6) is -3.91. The predicted octanol–water partition coefficient (Wildman–Crippen LogP) is 0.507. The Morgan fingerprint density at radius 1 is 1.58 bits per heavy atom. The molecule has 1 aliphatic rings. The number of ether oxygens (including phenoxy) is 1. The van der Waals surface area contributed by atoms with Gasteiger partial charge in [-0.15, -0.1) is 0 Å². The van der Waals surface area contributed by atoms with Crippen LogP contribution in [0.2, 0.25) is 0 Å². The first-order chi connectivity index (χ1) is 8.82. The standard InChI is InChI=1S/C12H13BFO5/c1-6(2)18-7-3-8-11(9(14)4-7)12(17,19-13-8)5-10(15)16/h3-4,6,17H,5H2,1-2H3,(H,15,16). The lowest BCUT2D eigenvalue weighted by molar-refractivity contribution is -0.170.